The number of barbiturate groups is 1. The Hall–Kier alpha value is -3.81. The van der Waals surface area contributed by atoms with Crippen molar-refractivity contribution in [2.75, 3.05) is 18.6 Å². The van der Waals surface area contributed by atoms with Gasteiger partial charge in [0.25, 0.3) is 11.8 Å². The first-order chi connectivity index (χ1) is 14.4. The van der Waals surface area contributed by atoms with Gasteiger partial charge in [0, 0.05) is 0 Å². The number of aromatic hydroxyl groups is 1. The highest BCUT2D eigenvalue weighted by molar-refractivity contribution is 6.39. The molecule has 1 heterocycles. The normalized spacial score (nSPS) is 15.3. The summed E-state index contributed by atoms with van der Waals surface area (Å²) in [6, 6.07) is 9.70. The van der Waals surface area contributed by atoms with E-state index < -0.39 is 17.8 Å². The van der Waals surface area contributed by atoms with Gasteiger partial charge in [-0.15, -0.1) is 0 Å². The lowest BCUT2D eigenvalue weighted by atomic mass is 10.1. The molecule has 0 unspecified atom stereocenters. The van der Waals surface area contributed by atoms with Crippen LogP contribution in [0, 0.1) is 0 Å². The van der Waals surface area contributed by atoms with E-state index in [0.29, 0.717) is 23.7 Å². The molecule has 0 aliphatic carbocycles. The highest BCUT2D eigenvalue weighted by Crippen LogP contribution is 2.30. The summed E-state index contributed by atoms with van der Waals surface area (Å²) in [5.74, 6) is -0.535. The molecule has 8 heteroatoms. The molecule has 0 radical (unpaired) electrons. The number of unbranched alkanes of at least 4 members (excludes halogenated alkanes) is 1. The molecule has 2 N–H and O–H groups in total. The van der Waals surface area contributed by atoms with Crippen LogP contribution in [0.4, 0.5) is 10.5 Å². The molecular formula is C22H22N2O6. The molecule has 0 saturated carbocycles. The van der Waals surface area contributed by atoms with Gasteiger partial charge in [0.05, 0.1) is 19.4 Å². The average Bonchev–Trinajstić information content (AvgIpc) is 2.73. The van der Waals surface area contributed by atoms with Crippen molar-refractivity contribution >= 4 is 29.6 Å². The van der Waals surface area contributed by atoms with E-state index >= 15 is 0 Å². The van der Waals surface area contributed by atoms with Crippen molar-refractivity contribution in [1.29, 1.82) is 0 Å². The predicted octanol–water partition coefficient (Wildman–Crippen LogP) is 3.25. The number of urea groups is 1. The van der Waals surface area contributed by atoms with Crippen molar-refractivity contribution < 1.29 is 29.0 Å². The summed E-state index contributed by atoms with van der Waals surface area (Å²) >= 11 is 0. The van der Waals surface area contributed by atoms with Crippen LogP contribution in [0.2, 0.25) is 0 Å². The highest BCUT2D eigenvalue weighted by Gasteiger charge is 2.36. The van der Waals surface area contributed by atoms with Gasteiger partial charge in [-0.3, -0.25) is 14.9 Å². The van der Waals surface area contributed by atoms with Gasteiger partial charge >= 0.3 is 6.03 Å². The van der Waals surface area contributed by atoms with Crippen LogP contribution in [0.25, 0.3) is 6.08 Å². The first-order valence-corrected chi connectivity index (χ1v) is 9.46. The van der Waals surface area contributed by atoms with Crippen molar-refractivity contribution in [1.82, 2.24) is 5.32 Å². The molecule has 156 valence electrons. The fourth-order valence-electron chi connectivity index (χ4n) is 2.88. The Morgan fingerprint density at radius 3 is 2.47 bits per heavy atom. The maximum atomic E-state index is 12.9. The van der Waals surface area contributed by atoms with Crippen LogP contribution in [0.3, 0.4) is 0 Å². The summed E-state index contributed by atoms with van der Waals surface area (Å²) in [5, 5.41) is 11.6. The Balaban J connectivity index is 1.91. The largest absolute Gasteiger partial charge is 0.508 e. The number of benzene rings is 2. The molecule has 1 saturated heterocycles. The Morgan fingerprint density at radius 1 is 1.07 bits per heavy atom. The van der Waals surface area contributed by atoms with Gasteiger partial charge in [-0.05, 0) is 54.5 Å². The molecule has 0 spiro atoms. The summed E-state index contributed by atoms with van der Waals surface area (Å²) in [6.45, 7) is 2.62. The van der Waals surface area contributed by atoms with E-state index in [4.69, 9.17) is 9.47 Å². The molecule has 1 aliphatic heterocycles. The molecule has 4 amide bonds. The lowest BCUT2D eigenvalue weighted by molar-refractivity contribution is -0.122. The number of imide groups is 2. The SMILES string of the molecule is CCCCOc1ccc(/C=C2/C(=O)NC(=O)N(c3ccc(O)cc3)C2=O)cc1OC. The molecular weight excluding hydrogens is 388 g/mol. The number of ether oxygens (including phenoxy) is 2. The molecule has 1 aliphatic rings. The monoisotopic (exact) mass is 410 g/mol. The van der Waals surface area contributed by atoms with E-state index in [1.54, 1.807) is 18.2 Å². The fourth-order valence-corrected chi connectivity index (χ4v) is 2.88. The standard InChI is InChI=1S/C22H22N2O6/c1-3-4-11-30-18-10-5-14(13-19(18)29-2)12-17-20(26)23-22(28)24(21(17)27)15-6-8-16(25)9-7-15/h5-10,12-13,25H,3-4,11H2,1-2H3,(H,23,26,28)/b17-12-. The molecule has 0 aromatic heterocycles. The van der Waals surface area contributed by atoms with Gasteiger partial charge < -0.3 is 14.6 Å². The van der Waals surface area contributed by atoms with Crippen LogP contribution in [-0.4, -0.2) is 36.7 Å². The molecule has 2 aromatic rings. The topological polar surface area (TPSA) is 105 Å². The quantitative estimate of drug-likeness (QED) is 0.412. The molecule has 0 atom stereocenters. The van der Waals surface area contributed by atoms with E-state index in [0.717, 1.165) is 17.7 Å². The Labute approximate surface area is 173 Å². The number of phenols is 1. The van der Waals surface area contributed by atoms with Gasteiger partial charge in [-0.25, -0.2) is 9.69 Å². The van der Waals surface area contributed by atoms with E-state index in [1.165, 1.54) is 37.5 Å². The summed E-state index contributed by atoms with van der Waals surface area (Å²) in [5.41, 5.74) is 0.559. The number of rotatable bonds is 7. The summed E-state index contributed by atoms with van der Waals surface area (Å²) < 4.78 is 11.0. The molecule has 1 fully saturated rings. The Bertz CT molecular complexity index is 997. The number of carbonyl (C=O) groups excluding carboxylic acids is 3. The van der Waals surface area contributed by atoms with Crippen molar-refractivity contribution in [3.63, 3.8) is 0 Å². The second-order valence-electron chi connectivity index (χ2n) is 6.59. The van der Waals surface area contributed by atoms with Crippen molar-refractivity contribution in [2.24, 2.45) is 0 Å². The lowest BCUT2D eigenvalue weighted by Crippen LogP contribution is -2.54. The minimum absolute atomic E-state index is 0.0104. The smallest absolute Gasteiger partial charge is 0.335 e. The number of hydrogen-bond acceptors (Lipinski definition) is 6. The Morgan fingerprint density at radius 2 is 1.80 bits per heavy atom. The Kier molecular flexibility index (Phi) is 6.36. The van der Waals surface area contributed by atoms with Gasteiger partial charge in [-0.1, -0.05) is 19.4 Å². The first-order valence-electron chi connectivity index (χ1n) is 9.46. The van der Waals surface area contributed by atoms with Crippen LogP contribution >= 0.6 is 0 Å². The number of hydrogen-bond donors (Lipinski definition) is 2. The van der Waals surface area contributed by atoms with E-state index in [9.17, 15) is 19.5 Å². The minimum atomic E-state index is -0.856. The maximum absolute atomic E-state index is 12.9. The molecule has 2 aromatic carbocycles. The molecule has 3 rings (SSSR count). The number of phenolic OH excluding ortho intramolecular Hbond substituents is 1. The number of nitrogens with zero attached hydrogens (tertiary/aromatic N) is 1. The van der Waals surface area contributed by atoms with Crippen LogP contribution in [0.1, 0.15) is 25.3 Å². The summed E-state index contributed by atoms with van der Waals surface area (Å²) in [6.07, 6.45) is 3.29. The van der Waals surface area contributed by atoms with Gasteiger partial charge in [0.2, 0.25) is 0 Å². The van der Waals surface area contributed by atoms with Crippen LogP contribution in [-0.2, 0) is 9.59 Å². The van der Waals surface area contributed by atoms with Gasteiger partial charge in [0.15, 0.2) is 11.5 Å². The van der Waals surface area contributed by atoms with E-state index in [2.05, 4.69) is 12.2 Å². The lowest BCUT2D eigenvalue weighted by Gasteiger charge is -2.26. The zero-order chi connectivity index (χ0) is 21.7. The second kappa shape index (κ2) is 9.13. The van der Waals surface area contributed by atoms with Crippen LogP contribution in [0.5, 0.6) is 17.2 Å². The first kappa shape index (κ1) is 20.9. The van der Waals surface area contributed by atoms with Gasteiger partial charge in [0.1, 0.15) is 11.3 Å². The number of amides is 4. The third kappa shape index (κ3) is 4.43. The van der Waals surface area contributed by atoms with Crippen LogP contribution in [0.15, 0.2) is 48.0 Å². The molecule has 0 bridgehead atoms. The number of anilines is 1. The van der Waals surface area contributed by atoms with Crippen LogP contribution < -0.4 is 19.7 Å². The summed E-state index contributed by atoms with van der Waals surface area (Å²) in [7, 11) is 1.50. The van der Waals surface area contributed by atoms with Crippen molar-refractivity contribution in [2.45, 2.75) is 19.8 Å². The average molecular weight is 410 g/mol. The second-order valence-corrected chi connectivity index (χ2v) is 6.59. The highest BCUT2D eigenvalue weighted by atomic mass is 16.5. The molecule has 30 heavy (non-hydrogen) atoms. The number of carbonyl (C=O) groups is 3. The van der Waals surface area contributed by atoms with E-state index in [-0.39, 0.29) is 17.0 Å². The zero-order valence-electron chi connectivity index (χ0n) is 16.7. The third-order valence-corrected chi connectivity index (χ3v) is 4.46. The van der Waals surface area contributed by atoms with Gasteiger partial charge in [-0.2, -0.15) is 0 Å². The number of nitrogens with one attached hydrogen (secondary N) is 1. The third-order valence-electron chi connectivity index (χ3n) is 4.46. The number of methoxy groups -OCH3 is 1. The minimum Gasteiger partial charge on any atom is -0.508 e. The van der Waals surface area contributed by atoms with Crippen molar-refractivity contribution in [3.8, 4) is 17.2 Å². The van der Waals surface area contributed by atoms with Crippen molar-refractivity contribution in [3.05, 3.63) is 53.6 Å². The summed E-state index contributed by atoms with van der Waals surface area (Å²) in [4.78, 5) is 38.2. The maximum Gasteiger partial charge on any atom is 0.335 e. The fraction of sp³-hybridized carbons (Fsp3) is 0.227. The van der Waals surface area contributed by atoms with E-state index in [1.807, 2.05) is 0 Å². The predicted molar refractivity (Wildman–Crippen MR) is 111 cm³/mol. The zero-order valence-corrected chi connectivity index (χ0v) is 16.7. The molecule has 8 nitrogen and oxygen atoms in total.